The average Bonchev–Trinajstić information content (AvgIpc) is 2.24. The molecule has 0 aliphatic carbocycles. The predicted octanol–water partition coefficient (Wildman–Crippen LogP) is 0.968. The predicted molar refractivity (Wildman–Crippen MR) is 61.0 cm³/mol. The molecule has 3 nitrogen and oxygen atoms in total. The molecular weight excluding hydrogens is 176 g/mol. The van der Waals surface area contributed by atoms with Gasteiger partial charge in [0.25, 0.3) is 0 Å². The summed E-state index contributed by atoms with van der Waals surface area (Å²) >= 11 is 0. The summed E-state index contributed by atoms with van der Waals surface area (Å²) in [6.07, 6.45) is 0.556. The lowest BCUT2D eigenvalue weighted by Crippen LogP contribution is -1.94. The van der Waals surface area contributed by atoms with Gasteiger partial charge in [0, 0.05) is 6.42 Å². The Morgan fingerprint density at radius 1 is 1.07 bits per heavy atom. The van der Waals surface area contributed by atoms with Crippen molar-refractivity contribution >= 4 is 5.78 Å². The summed E-state index contributed by atoms with van der Waals surface area (Å²) in [5.74, 6) is 0.214. The summed E-state index contributed by atoms with van der Waals surface area (Å²) < 4.78 is 0. The molecule has 0 amide bonds. The average molecular weight is 196 g/mol. The van der Waals surface area contributed by atoms with Crippen molar-refractivity contribution in [3.8, 4) is 0 Å². The molecule has 0 atom stereocenters. The largest absolute Gasteiger partial charge is 0.333 e. The van der Waals surface area contributed by atoms with E-state index in [0.29, 0.717) is 6.42 Å². The molecule has 0 saturated heterocycles. The summed E-state index contributed by atoms with van der Waals surface area (Å²) in [5, 5.41) is 0. The summed E-state index contributed by atoms with van der Waals surface area (Å²) in [6, 6.07) is 9.75. The van der Waals surface area contributed by atoms with Gasteiger partial charge in [-0.1, -0.05) is 30.3 Å². The molecule has 1 aromatic carbocycles. The van der Waals surface area contributed by atoms with Gasteiger partial charge in [0.1, 0.15) is 5.78 Å². The smallest absolute Gasteiger partial charge is 0.134 e. The van der Waals surface area contributed by atoms with Gasteiger partial charge in [-0.05, 0) is 26.6 Å². The van der Waals surface area contributed by atoms with Crippen molar-refractivity contribution in [2.24, 2.45) is 11.5 Å². The molecule has 0 aliphatic heterocycles. The summed E-state index contributed by atoms with van der Waals surface area (Å²) in [7, 11) is 3.00. The Balaban J connectivity index is 0. The van der Waals surface area contributed by atoms with Crippen LogP contribution in [0.1, 0.15) is 12.5 Å². The molecule has 0 radical (unpaired) electrons. The van der Waals surface area contributed by atoms with Gasteiger partial charge in [0.15, 0.2) is 0 Å². The Bertz CT molecular complexity index is 222. The van der Waals surface area contributed by atoms with Gasteiger partial charge in [-0.25, -0.2) is 0 Å². The first-order valence-corrected chi connectivity index (χ1v) is 4.48. The van der Waals surface area contributed by atoms with Crippen LogP contribution in [0.3, 0.4) is 0 Å². The molecule has 0 aromatic heterocycles. The van der Waals surface area contributed by atoms with Crippen LogP contribution in [0.2, 0.25) is 0 Å². The highest BCUT2D eigenvalue weighted by Crippen LogP contribution is 1.98. The lowest BCUT2D eigenvalue weighted by Gasteiger charge is -1.93. The van der Waals surface area contributed by atoms with Crippen molar-refractivity contribution in [2.45, 2.75) is 13.3 Å². The third-order valence-corrected chi connectivity index (χ3v) is 1.30. The van der Waals surface area contributed by atoms with Crippen LogP contribution in [0, 0.1) is 0 Å². The quantitative estimate of drug-likeness (QED) is 0.740. The van der Waals surface area contributed by atoms with E-state index in [-0.39, 0.29) is 5.78 Å². The third-order valence-electron chi connectivity index (χ3n) is 1.30. The van der Waals surface area contributed by atoms with Crippen LogP contribution in [0.15, 0.2) is 30.3 Å². The molecule has 0 unspecified atom stereocenters. The van der Waals surface area contributed by atoms with E-state index in [9.17, 15) is 4.79 Å². The zero-order valence-corrected chi connectivity index (χ0v) is 9.16. The Hall–Kier alpha value is -1.19. The molecule has 3 heteroatoms. The molecule has 0 heterocycles. The third kappa shape index (κ3) is 8.90. The minimum atomic E-state index is 0.214. The summed E-state index contributed by atoms with van der Waals surface area (Å²) in [6.45, 7) is 1.60. The summed E-state index contributed by atoms with van der Waals surface area (Å²) in [5.41, 5.74) is 10.1. The van der Waals surface area contributed by atoms with Crippen LogP contribution in [0.25, 0.3) is 0 Å². The van der Waals surface area contributed by atoms with Crippen molar-refractivity contribution in [2.75, 3.05) is 14.1 Å². The molecule has 0 aliphatic rings. The molecule has 14 heavy (non-hydrogen) atoms. The fourth-order valence-corrected chi connectivity index (χ4v) is 0.883. The highest BCUT2D eigenvalue weighted by molar-refractivity contribution is 5.78. The Kier molecular flexibility index (Phi) is 12.9. The number of rotatable bonds is 2. The van der Waals surface area contributed by atoms with E-state index in [1.165, 1.54) is 14.1 Å². The Morgan fingerprint density at radius 3 is 1.86 bits per heavy atom. The second kappa shape index (κ2) is 11.8. The van der Waals surface area contributed by atoms with Crippen molar-refractivity contribution in [1.82, 2.24) is 0 Å². The van der Waals surface area contributed by atoms with Gasteiger partial charge in [-0.15, -0.1) is 0 Å². The number of Topliss-reactive ketones (excluding diaryl/α,β-unsaturated/α-hetero) is 1. The number of nitrogens with two attached hydrogens (primary N) is 2. The number of carbonyl (C=O) groups excluding carboxylic acids is 1. The van der Waals surface area contributed by atoms with Crippen molar-refractivity contribution in [3.05, 3.63) is 35.9 Å². The molecule has 1 rings (SSSR count). The molecule has 0 bridgehead atoms. The molecule has 1 aromatic rings. The second-order valence-corrected chi connectivity index (χ2v) is 2.36. The molecule has 0 saturated carbocycles. The Morgan fingerprint density at radius 2 is 1.50 bits per heavy atom. The van der Waals surface area contributed by atoms with Gasteiger partial charge < -0.3 is 11.5 Å². The maximum absolute atomic E-state index is 10.6. The standard InChI is InChI=1S/C9H10O.2CH5N/c1-8(10)7-9-5-3-2-4-6-9;2*1-2/h2-6H,7H2,1H3;2*2H2,1H3. The number of hydrogen-bond donors (Lipinski definition) is 2. The minimum Gasteiger partial charge on any atom is -0.333 e. The molecule has 0 spiro atoms. The maximum Gasteiger partial charge on any atom is 0.134 e. The second-order valence-electron chi connectivity index (χ2n) is 2.36. The van der Waals surface area contributed by atoms with Gasteiger partial charge in [-0.2, -0.15) is 0 Å². The van der Waals surface area contributed by atoms with E-state index in [1.54, 1.807) is 6.92 Å². The topological polar surface area (TPSA) is 69.1 Å². The zero-order chi connectivity index (χ0) is 11.4. The summed E-state index contributed by atoms with van der Waals surface area (Å²) in [4.78, 5) is 10.6. The normalized spacial score (nSPS) is 7.50. The van der Waals surface area contributed by atoms with Gasteiger partial charge in [-0.3, -0.25) is 4.79 Å². The van der Waals surface area contributed by atoms with E-state index in [0.717, 1.165) is 5.56 Å². The van der Waals surface area contributed by atoms with Crippen LogP contribution in [0.5, 0.6) is 0 Å². The fraction of sp³-hybridized carbons (Fsp3) is 0.364. The van der Waals surface area contributed by atoms with E-state index < -0.39 is 0 Å². The first-order chi connectivity index (χ1) is 6.79. The molecule has 0 fully saturated rings. The zero-order valence-electron chi connectivity index (χ0n) is 9.16. The van der Waals surface area contributed by atoms with E-state index in [1.807, 2.05) is 30.3 Å². The van der Waals surface area contributed by atoms with E-state index in [2.05, 4.69) is 11.5 Å². The highest BCUT2D eigenvalue weighted by atomic mass is 16.1. The molecule has 80 valence electrons. The number of benzene rings is 1. The van der Waals surface area contributed by atoms with Crippen LogP contribution in [-0.4, -0.2) is 19.9 Å². The van der Waals surface area contributed by atoms with Crippen LogP contribution in [-0.2, 0) is 11.2 Å². The fourth-order valence-electron chi connectivity index (χ4n) is 0.883. The van der Waals surface area contributed by atoms with E-state index in [4.69, 9.17) is 0 Å². The number of carbonyl (C=O) groups is 1. The number of ketones is 1. The van der Waals surface area contributed by atoms with E-state index >= 15 is 0 Å². The van der Waals surface area contributed by atoms with Gasteiger partial charge in [0.2, 0.25) is 0 Å². The van der Waals surface area contributed by atoms with Crippen molar-refractivity contribution in [3.63, 3.8) is 0 Å². The van der Waals surface area contributed by atoms with Crippen LogP contribution >= 0.6 is 0 Å². The molecular formula is C11H20N2O. The molecule has 4 N–H and O–H groups in total. The van der Waals surface area contributed by atoms with Crippen LogP contribution in [0.4, 0.5) is 0 Å². The first kappa shape index (κ1) is 15.3. The minimum absolute atomic E-state index is 0.214. The lowest BCUT2D eigenvalue weighted by atomic mass is 10.1. The van der Waals surface area contributed by atoms with Gasteiger partial charge in [0.05, 0.1) is 0 Å². The maximum atomic E-state index is 10.6. The SMILES string of the molecule is CC(=O)Cc1ccccc1.CN.CN. The first-order valence-electron chi connectivity index (χ1n) is 4.48. The number of hydrogen-bond acceptors (Lipinski definition) is 3. The van der Waals surface area contributed by atoms with Crippen molar-refractivity contribution < 1.29 is 4.79 Å². The van der Waals surface area contributed by atoms with Crippen molar-refractivity contribution in [1.29, 1.82) is 0 Å². The van der Waals surface area contributed by atoms with Crippen LogP contribution < -0.4 is 11.5 Å². The highest BCUT2D eigenvalue weighted by Gasteiger charge is 1.93. The Labute approximate surface area is 86.1 Å². The van der Waals surface area contributed by atoms with Gasteiger partial charge >= 0.3 is 0 Å². The monoisotopic (exact) mass is 196 g/mol. The lowest BCUT2D eigenvalue weighted by molar-refractivity contribution is -0.116.